The molecule has 1 aromatic carbocycles. The normalized spacial score (nSPS) is 10.9. The molecule has 0 unspecified atom stereocenters. The van der Waals surface area contributed by atoms with Gasteiger partial charge in [-0.05, 0) is 24.1 Å². The number of hydrogen-bond donors (Lipinski definition) is 1. The van der Waals surface area contributed by atoms with Crippen LogP contribution < -0.4 is 5.73 Å². The molecule has 2 nitrogen and oxygen atoms in total. The monoisotopic (exact) mass is 206 g/mol. The van der Waals surface area contributed by atoms with Crippen LogP contribution in [0.2, 0.25) is 0 Å². The van der Waals surface area contributed by atoms with Crippen molar-refractivity contribution in [2.24, 2.45) is 5.73 Å². The largest absolute Gasteiger partial charge is 0.329 e. The number of aryl methyl sites for hydroxylation is 1. The minimum absolute atomic E-state index is 0.738. The molecule has 0 aliphatic heterocycles. The van der Waals surface area contributed by atoms with E-state index in [1.807, 2.05) is 0 Å². The van der Waals surface area contributed by atoms with Crippen LogP contribution in [-0.2, 0) is 13.0 Å². The third-order valence-corrected chi connectivity index (χ3v) is 2.79. The van der Waals surface area contributed by atoms with Crippen LogP contribution in [0.4, 0.5) is 0 Å². The Kier molecular flexibility index (Phi) is 5.37. The zero-order valence-corrected chi connectivity index (χ0v) is 9.87. The highest BCUT2D eigenvalue weighted by molar-refractivity contribution is 5.26. The van der Waals surface area contributed by atoms with E-state index in [0.717, 1.165) is 32.6 Å². The lowest BCUT2D eigenvalue weighted by atomic mass is 10.0. The summed E-state index contributed by atoms with van der Waals surface area (Å²) >= 11 is 0. The summed E-state index contributed by atoms with van der Waals surface area (Å²) in [6, 6.07) is 8.66. The van der Waals surface area contributed by atoms with Crippen LogP contribution >= 0.6 is 0 Å². The molecule has 0 amide bonds. The molecule has 0 saturated heterocycles. The van der Waals surface area contributed by atoms with Crippen molar-refractivity contribution < 1.29 is 0 Å². The molecule has 0 aliphatic rings. The fraction of sp³-hybridized carbons (Fsp3) is 0.538. The van der Waals surface area contributed by atoms with E-state index in [2.05, 4.69) is 43.0 Å². The summed E-state index contributed by atoms with van der Waals surface area (Å²) in [7, 11) is 0. The van der Waals surface area contributed by atoms with Gasteiger partial charge in [-0.3, -0.25) is 4.90 Å². The first-order valence-electron chi connectivity index (χ1n) is 5.81. The molecule has 0 heterocycles. The van der Waals surface area contributed by atoms with Crippen molar-refractivity contribution in [3.63, 3.8) is 0 Å². The van der Waals surface area contributed by atoms with E-state index in [9.17, 15) is 0 Å². The van der Waals surface area contributed by atoms with Crippen LogP contribution in [0.25, 0.3) is 0 Å². The van der Waals surface area contributed by atoms with Crippen LogP contribution in [0, 0.1) is 0 Å². The molecular weight excluding hydrogens is 184 g/mol. The van der Waals surface area contributed by atoms with Gasteiger partial charge in [0.15, 0.2) is 0 Å². The molecule has 0 radical (unpaired) electrons. The SMILES string of the molecule is CCc1ccccc1CN(CC)CCN. The van der Waals surface area contributed by atoms with Crippen molar-refractivity contribution in [2.45, 2.75) is 26.8 Å². The average Bonchev–Trinajstić information content (AvgIpc) is 2.29. The fourth-order valence-electron chi connectivity index (χ4n) is 1.83. The van der Waals surface area contributed by atoms with Crippen LogP contribution in [0.15, 0.2) is 24.3 Å². The first-order chi connectivity index (χ1) is 7.31. The first-order valence-corrected chi connectivity index (χ1v) is 5.81. The fourth-order valence-corrected chi connectivity index (χ4v) is 1.83. The van der Waals surface area contributed by atoms with Crippen LogP contribution in [0.3, 0.4) is 0 Å². The molecule has 0 aromatic heterocycles. The lowest BCUT2D eigenvalue weighted by Gasteiger charge is -2.20. The Morgan fingerprint density at radius 1 is 1.13 bits per heavy atom. The number of hydrogen-bond acceptors (Lipinski definition) is 2. The highest BCUT2D eigenvalue weighted by Gasteiger charge is 2.05. The summed E-state index contributed by atoms with van der Waals surface area (Å²) in [6.07, 6.45) is 1.11. The summed E-state index contributed by atoms with van der Waals surface area (Å²) in [5.74, 6) is 0. The van der Waals surface area contributed by atoms with Gasteiger partial charge < -0.3 is 5.73 Å². The first kappa shape index (κ1) is 12.2. The molecule has 0 aliphatic carbocycles. The lowest BCUT2D eigenvalue weighted by molar-refractivity contribution is 0.287. The van der Waals surface area contributed by atoms with Gasteiger partial charge in [0.2, 0.25) is 0 Å². The summed E-state index contributed by atoms with van der Waals surface area (Å²) in [6.45, 7) is 8.20. The Morgan fingerprint density at radius 3 is 2.33 bits per heavy atom. The molecule has 84 valence electrons. The Labute approximate surface area is 93.1 Å². The molecule has 0 atom stereocenters. The summed E-state index contributed by atoms with van der Waals surface area (Å²) in [5.41, 5.74) is 8.48. The van der Waals surface area contributed by atoms with Crippen molar-refractivity contribution in [3.8, 4) is 0 Å². The second-order valence-corrected chi connectivity index (χ2v) is 3.78. The summed E-state index contributed by atoms with van der Waals surface area (Å²) in [5, 5.41) is 0. The highest BCUT2D eigenvalue weighted by Crippen LogP contribution is 2.11. The molecule has 0 spiro atoms. The molecule has 0 bridgehead atoms. The Hall–Kier alpha value is -0.860. The molecule has 2 N–H and O–H groups in total. The van der Waals surface area contributed by atoms with Crippen molar-refractivity contribution in [2.75, 3.05) is 19.6 Å². The number of nitrogens with two attached hydrogens (primary N) is 1. The van der Waals surface area contributed by atoms with Gasteiger partial charge in [-0.2, -0.15) is 0 Å². The summed E-state index contributed by atoms with van der Waals surface area (Å²) in [4.78, 5) is 2.38. The van der Waals surface area contributed by atoms with E-state index >= 15 is 0 Å². The van der Waals surface area contributed by atoms with Gasteiger partial charge in [0, 0.05) is 19.6 Å². The molecule has 1 rings (SSSR count). The van der Waals surface area contributed by atoms with Gasteiger partial charge in [0.1, 0.15) is 0 Å². The number of rotatable bonds is 6. The minimum Gasteiger partial charge on any atom is -0.329 e. The second-order valence-electron chi connectivity index (χ2n) is 3.78. The smallest absolute Gasteiger partial charge is 0.0236 e. The van der Waals surface area contributed by atoms with Crippen molar-refractivity contribution in [3.05, 3.63) is 35.4 Å². The predicted molar refractivity (Wildman–Crippen MR) is 65.8 cm³/mol. The van der Waals surface area contributed by atoms with Crippen LogP contribution in [0.1, 0.15) is 25.0 Å². The third-order valence-electron chi connectivity index (χ3n) is 2.79. The van der Waals surface area contributed by atoms with Gasteiger partial charge in [-0.15, -0.1) is 0 Å². The van der Waals surface area contributed by atoms with Gasteiger partial charge in [0.25, 0.3) is 0 Å². The van der Waals surface area contributed by atoms with E-state index in [0.29, 0.717) is 0 Å². The number of likely N-dealkylation sites (N-methyl/N-ethyl adjacent to an activating group) is 1. The highest BCUT2D eigenvalue weighted by atomic mass is 15.1. The van der Waals surface area contributed by atoms with E-state index in [4.69, 9.17) is 5.73 Å². The molecular formula is C13H22N2. The van der Waals surface area contributed by atoms with E-state index in [-0.39, 0.29) is 0 Å². The van der Waals surface area contributed by atoms with E-state index in [1.165, 1.54) is 11.1 Å². The molecule has 15 heavy (non-hydrogen) atoms. The molecule has 2 heteroatoms. The van der Waals surface area contributed by atoms with Gasteiger partial charge in [0.05, 0.1) is 0 Å². The molecule has 0 saturated carbocycles. The maximum absolute atomic E-state index is 5.59. The van der Waals surface area contributed by atoms with Crippen LogP contribution in [0.5, 0.6) is 0 Å². The standard InChI is InChI=1S/C13H22N2/c1-3-12-7-5-6-8-13(12)11-15(4-2)10-9-14/h5-8H,3-4,9-11,14H2,1-2H3. The number of nitrogens with zero attached hydrogens (tertiary/aromatic N) is 1. The zero-order chi connectivity index (χ0) is 11.1. The Morgan fingerprint density at radius 2 is 1.80 bits per heavy atom. The maximum Gasteiger partial charge on any atom is 0.0236 e. The minimum atomic E-state index is 0.738. The zero-order valence-electron chi connectivity index (χ0n) is 9.87. The Bertz CT molecular complexity index is 284. The third kappa shape index (κ3) is 3.65. The lowest BCUT2D eigenvalue weighted by Crippen LogP contribution is -2.29. The average molecular weight is 206 g/mol. The van der Waals surface area contributed by atoms with Gasteiger partial charge in [-0.25, -0.2) is 0 Å². The maximum atomic E-state index is 5.59. The quantitative estimate of drug-likeness (QED) is 0.771. The topological polar surface area (TPSA) is 29.3 Å². The van der Waals surface area contributed by atoms with E-state index < -0.39 is 0 Å². The molecule has 0 fully saturated rings. The number of benzene rings is 1. The van der Waals surface area contributed by atoms with Crippen molar-refractivity contribution in [1.29, 1.82) is 0 Å². The summed E-state index contributed by atoms with van der Waals surface area (Å²) < 4.78 is 0. The predicted octanol–water partition coefficient (Wildman–Crippen LogP) is 2.03. The van der Waals surface area contributed by atoms with E-state index in [1.54, 1.807) is 0 Å². The Balaban J connectivity index is 2.69. The molecule has 1 aromatic rings. The van der Waals surface area contributed by atoms with Gasteiger partial charge in [-0.1, -0.05) is 38.1 Å². The second kappa shape index (κ2) is 6.59. The van der Waals surface area contributed by atoms with Crippen molar-refractivity contribution >= 4 is 0 Å². The van der Waals surface area contributed by atoms with Crippen molar-refractivity contribution in [1.82, 2.24) is 4.90 Å². The van der Waals surface area contributed by atoms with Crippen LogP contribution in [-0.4, -0.2) is 24.5 Å². The van der Waals surface area contributed by atoms with Gasteiger partial charge >= 0.3 is 0 Å².